The number of methoxy groups -OCH3 is 1. The number of amides is 1. The number of aliphatic carboxylic acids is 1. The van der Waals surface area contributed by atoms with Crippen LogP contribution in [0.2, 0.25) is 5.02 Å². The van der Waals surface area contributed by atoms with Gasteiger partial charge in [0, 0.05) is 5.69 Å². The number of nitrogens with one attached hydrogen (secondary N) is 1. The molecule has 0 saturated heterocycles. The molecule has 0 unspecified atom stereocenters. The lowest BCUT2D eigenvalue weighted by atomic mass is 10.2. The maximum Gasteiger partial charge on any atom is 0.230 e. The molecule has 1 aromatic carbocycles. The average molecular weight is 317 g/mol. The number of halogens is 1. The maximum atomic E-state index is 11.8. The third-order valence-electron chi connectivity index (χ3n) is 2.80. The lowest BCUT2D eigenvalue weighted by Crippen LogP contribution is -2.95. The molecular formula is C13H19ClN3O4+. The number of hydrogen-bond donors (Lipinski definition) is 3. The molecule has 116 valence electrons. The molecule has 0 aliphatic rings. The summed E-state index contributed by atoms with van der Waals surface area (Å²) in [5, 5.41) is 15.4. The van der Waals surface area contributed by atoms with Crippen molar-refractivity contribution < 1.29 is 30.5 Å². The van der Waals surface area contributed by atoms with Gasteiger partial charge in [-0.05, 0) is 18.2 Å². The van der Waals surface area contributed by atoms with Crippen molar-refractivity contribution in [3.8, 4) is 5.75 Å². The first-order chi connectivity index (χ1) is 9.97. The van der Waals surface area contributed by atoms with Crippen molar-refractivity contribution in [2.24, 2.45) is 0 Å². The smallest absolute Gasteiger partial charge is 0.230 e. The fraction of sp³-hybridized carbons (Fsp3) is 0.385. The highest BCUT2D eigenvalue weighted by Crippen LogP contribution is 2.27. The summed E-state index contributed by atoms with van der Waals surface area (Å²) >= 11 is 5.94. The Morgan fingerprint density at radius 2 is 2.24 bits per heavy atom. The predicted octanol–water partition coefficient (Wildman–Crippen LogP) is -2.40. The molecule has 0 aliphatic heterocycles. The molecule has 8 heteroatoms. The second-order valence-electron chi connectivity index (χ2n) is 4.41. The summed E-state index contributed by atoms with van der Waals surface area (Å²) in [4.78, 5) is 22.8. The van der Waals surface area contributed by atoms with Crippen LogP contribution in [0.15, 0.2) is 18.2 Å². The van der Waals surface area contributed by atoms with Crippen molar-refractivity contribution in [2.45, 2.75) is 12.5 Å². The molecule has 0 spiro atoms. The highest BCUT2D eigenvalue weighted by molar-refractivity contribution is 6.32. The standard InChI is InChI=1S/C13H18ClN3O4/c1-21-11-3-2-8(6-9(11)14)17-12(18)7-10(13(19)20)16-5-4-15/h2-3,6,10,16H,4-5,7,15H2,1H3,(H,17,18)(H,19,20)/p+1/t10-/m1/s1. The monoisotopic (exact) mass is 316 g/mol. The van der Waals surface area contributed by atoms with Crippen LogP contribution >= 0.6 is 11.6 Å². The summed E-state index contributed by atoms with van der Waals surface area (Å²) in [6.45, 7) is 1.08. The fourth-order valence-corrected chi connectivity index (χ4v) is 2.00. The number of carbonyl (C=O) groups excluding carboxylic acids is 2. The average Bonchev–Trinajstić information content (AvgIpc) is 2.43. The van der Waals surface area contributed by atoms with Gasteiger partial charge in [0.2, 0.25) is 5.91 Å². The Bertz CT molecular complexity index is 510. The van der Waals surface area contributed by atoms with Gasteiger partial charge in [-0.2, -0.15) is 0 Å². The van der Waals surface area contributed by atoms with E-state index in [0.29, 0.717) is 29.5 Å². The van der Waals surface area contributed by atoms with Gasteiger partial charge in [-0.15, -0.1) is 0 Å². The summed E-state index contributed by atoms with van der Waals surface area (Å²) in [6.07, 6.45) is -0.189. The van der Waals surface area contributed by atoms with Crippen LogP contribution in [0.3, 0.4) is 0 Å². The van der Waals surface area contributed by atoms with E-state index in [4.69, 9.17) is 16.3 Å². The number of benzene rings is 1. The van der Waals surface area contributed by atoms with Gasteiger partial charge in [0.1, 0.15) is 24.9 Å². The van der Waals surface area contributed by atoms with Crippen LogP contribution in [0, 0.1) is 0 Å². The summed E-state index contributed by atoms with van der Waals surface area (Å²) < 4.78 is 5.00. The van der Waals surface area contributed by atoms with Crippen molar-refractivity contribution in [3.05, 3.63) is 23.2 Å². The molecular weight excluding hydrogens is 298 g/mol. The molecule has 21 heavy (non-hydrogen) atoms. The number of anilines is 1. The van der Waals surface area contributed by atoms with Crippen LogP contribution < -0.4 is 26.2 Å². The minimum atomic E-state index is -1.27. The maximum absolute atomic E-state index is 11.8. The first kappa shape index (κ1) is 17.2. The van der Waals surface area contributed by atoms with E-state index in [0.717, 1.165) is 0 Å². The van der Waals surface area contributed by atoms with Crippen molar-refractivity contribution in [2.75, 3.05) is 25.5 Å². The van der Waals surface area contributed by atoms with Crippen molar-refractivity contribution in [1.29, 1.82) is 0 Å². The minimum Gasteiger partial charge on any atom is -0.544 e. The lowest BCUT2D eigenvalue weighted by molar-refractivity contribution is -0.695. The van der Waals surface area contributed by atoms with Crippen LogP contribution in [-0.4, -0.2) is 38.1 Å². The van der Waals surface area contributed by atoms with Gasteiger partial charge in [-0.3, -0.25) is 4.79 Å². The Balaban J connectivity index is 2.63. The van der Waals surface area contributed by atoms with Crippen LogP contribution in [0.4, 0.5) is 5.69 Å². The number of carbonyl (C=O) groups is 2. The highest BCUT2D eigenvalue weighted by atomic mass is 35.5. The van der Waals surface area contributed by atoms with Gasteiger partial charge in [-0.1, -0.05) is 11.6 Å². The van der Waals surface area contributed by atoms with E-state index in [-0.39, 0.29) is 6.42 Å². The molecule has 0 saturated carbocycles. The number of hydrogen-bond acceptors (Lipinski definition) is 4. The molecule has 0 radical (unpaired) electrons. The number of rotatable bonds is 8. The Labute approximate surface area is 127 Å². The minimum absolute atomic E-state index is 0.189. The van der Waals surface area contributed by atoms with Gasteiger partial charge in [0.25, 0.3) is 0 Å². The van der Waals surface area contributed by atoms with Gasteiger partial charge >= 0.3 is 0 Å². The zero-order chi connectivity index (χ0) is 15.8. The highest BCUT2D eigenvalue weighted by Gasteiger charge is 2.18. The summed E-state index contributed by atoms with van der Waals surface area (Å²) in [6, 6.07) is 3.84. The van der Waals surface area contributed by atoms with E-state index >= 15 is 0 Å². The van der Waals surface area contributed by atoms with Crippen LogP contribution in [0.25, 0.3) is 0 Å². The molecule has 6 N–H and O–H groups in total. The predicted molar refractivity (Wildman–Crippen MR) is 74.6 cm³/mol. The second-order valence-corrected chi connectivity index (χ2v) is 4.81. The molecule has 1 atom stereocenters. The number of nitrogens with two attached hydrogens (primary N) is 1. The SMILES string of the molecule is COc1ccc(NC(=O)C[C@@H]([NH2+]CC[NH3+])C(=O)[O-])cc1Cl. The lowest BCUT2D eigenvalue weighted by Gasteiger charge is -2.15. The molecule has 1 amide bonds. The van der Waals surface area contributed by atoms with Gasteiger partial charge in [-0.25, -0.2) is 0 Å². The third kappa shape index (κ3) is 5.58. The van der Waals surface area contributed by atoms with Crippen LogP contribution in [0.5, 0.6) is 5.75 Å². The molecule has 1 rings (SSSR count). The molecule has 0 fully saturated rings. The summed E-state index contributed by atoms with van der Waals surface area (Å²) in [5.74, 6) is -1.21. The number of carboxylic acid groups (broad SMARTS) is 1. The molecule has 0 bridgehead atoms. The first-order valence-electron chi connectivity index (χ1n) is 6.44. The van der Waals surface area contributed by atoms with E-state index in [1.165, 1.54) is 18.5 Å². The number of carboxylic acids is 1. The van der Waals surface area contributed by atoms with E-state index in [1.807, 2.05) is 0 Å². The Morgan fingerprint density at radius 3 is 2.76 bits per heavy atom. The molecule has 0 aromatic heterocycles. The summed E-state index contributed by atoms with van der Waals surface area (Å²) in [5.41, 5.74) is 4.09. The van der Waals surface area contributed by atoms with E-state index in [1.54, 1.807) is 12.1 Å². The molecule has 1 aromatic rings. The normalized spacial score (nSPS) is 11.8. The van der Waals surface area contributed by atoms with Crippen LogP contribution in [-0.2, 0) is 9.59 Å². The molecule has 7 nitrogen and oxygen atoms in total. The zero-order valence-electron chi connectivity index (χ0n) is 11.7. The Hall–Kier alpha value is -1.83. The second kappa shape index (κ2) is 8.46. The largest absolute Gasteiger partial charge is 0.544 e. The third-order valence-corrected chi connectivity index (χ3v) is 3.09. The van der Waals surface area contributed by atoms with E-state index in [9.17, 15) is 14.7 Å². The Kier molecular flexibility index (Phi) is 6.93. The number of quaternary nitrogens is 2. The van der Waals surface area contributed by atoms with Crippen LogP contribution in [0.1, 0.15) is 6.42 Å². The summed E-state index contributed by atoms with van der Waals surface area (Å²) in [7, 11) is 1.49. The topological polar surface area (TPSA) is 123 Å². The van der Waals surface area contributed by atoms with Gasteiger partial charge in [0.15, 0.2) is 0 Å². The molecule has 0 aliphatic carbocycles. The van der Waals surface area contributed by atoms with E-state index in [2.05, 4.69) is 11.1 Å². The first-order valence-corrected chi connectivity index (χ1v) is 6.82. The van der Waals surface area contributed by atoms with Crippen molar-refractivity contribution in [3.63, 3.8) is 0 Å². The van der Waals surface area contributed by atoms with Gasteiger partial charge < -0.3 is 31.0 Å². The van der Waals surface area contributed by atoms with E-state index < -0.39 is 17.9 Å². The quantitative estimate of drug-likeness (QED) is 0.495. The van der Waals surface area contributed by atoms with Gasteiger partial charge in [0.05, 0.1) is 24.5 Å². The Morgan fingerprint density at radius 1 is 1.52 bits per heavy atom. The molecule has 0 heterocycles. The fourth-order valence-electron chi connectivity index (χ4n) is 1.74. The zero-order valence-corrected chi connectivity index (χ0v) is 12.5. The van der Waals surface area contributed by atoms with Crippen molar-refractivity contribution in [1.82, 2.24) is 0 Å². The number of ether oxygens (including phenoxy) is 1. The van der Waals surface area contributed by atoms with Crippen molar-refractivity contribution >= 4 is 29.2 Å².